The number of hydrogen-bond donors (Lipinski definition) is 0. The average molecular weight is 349 g/mol. The lowest BCUT2D eigenvalue weighted by atomic mass is 9.87. The molecule has 0 N–H and O–H groups in total. The van der Waals surface area contributed by atoms with E-state index in [1.807, 2.05) is 71.8 Å². The summed E-state index contributed by atoms with van der Waals surface area (Å²) in [7, 11) is 0. The first-order chi connectivity index (χ1) is 12.3. The summed E-state index contributed by atoms with van der Waals surface area (Å²) in [5.41, 5.74) is 1.88. The Morgan fingerprint density at radius 1 is 1.00 bits per heavy atom. The van der Waals surface area contributed by atoms with Gasteiger partial charge in [-0.05, 0) is 30.5 Å². The number of thiophene rings is 1. The lowest BCUT2D eigenvalue weighted by Crippen LogP contribution is -2.35. The number of fused-ring (bicyclic) bond motifs is 2. The number of carbonyl (C=O) groups excluding carboxylic acids is 1. The highest BCUT2D eigenvalue weighted by Gasteiger charge is 2.34. The molecule has 2 heterocycles. The zero-order valence-electron chi connectivity index (χ0n) is 14.0. The summed E-state index contributed by atoms with van der Waals surface area (Å²) in [6, 6.07) is 19.8. The molecule has 0 spiro atoms. The van der Waals surface area contributed by atoms with Gasteiger partial charge in [-0.2, -0.15) is 0 Å². The minimum atomic E-state index is -0.318. The molecule has 0 aliphatic carbocycles. The van der Waals surface area contributed by atoms with Crippen molar-refractivity contribution < 1.29 is 9.53 Å². The second kappa shape index (κ2) is 6.73. The van der Waals surface area contributed by atoms with Gasteiger partial charge in [-0.15, -0.1) is 11.3 Å². The van der Waals surface area contributed by atoms with Crippen LogP contribution in [-0.2, 0) is 11.3 Å². The van der Waals surface area contributed by atoms with Crippen molar-refractivity contribution in [2.75, 3.05) is 6.54 Å². The SMILES string of the molecule is CCN(Cc1cccs1)C(=O)C1c2ccccc2Oc2ccccc21. The number of para-hydroxylation sites is 2. The molecule has 0 radical (unpaired) electrons. The molecular formula is C21H19NO2S. The molecule has 0 unspecified atom stereocenters. The van der Waals surface area contributed by atoms with E-state index in [2.05, 4.69) is 6.07 Å². The first-order valence-corrected chi connectivity index (χ1v) is 9.32. The van der Waals surface area contributed by atoms with Gasteiger partial charge in [-0.25, -0.2) is 0 Å². The Kier molecular flexibility index (Phi) is 4.28. The van der Waals surface area contributed by atoms with Crippen LogP contribution in [0.4, 0.5) is 0 Å². The number of carbonyl (C=O) groups is 1. The van der Waals surface area contributed by atoms with E-state index >= 15 is 0 Å². The topological polar surface area (TPSA) is 29.5 Å². The van der Waals surface area contributed by atoms with E-state index in [1.54, 1.807) is 11.3 Å². The van der Waals surface area contributed by atoms with Crippen molar-refractivity contribution in [2.45, 2.75) is 19.4 Å². The van der Waals surface area contributed by atoms with Gasteiger partial charge in [0.05, 0.1) is 12.5 Å². The highest BCUT2D eigenvalue weighted by atomic mass is 32.1. The van der Waals surface area contributed by atoms with Crippen LogP contribution >= 0.6 is 11.3 Å². The zero-order valence-corrected chi connectivity index (χ0v) is 14.8. The van der Waals surface area contributed by atoms with Crippen molar-refractivity contribution in [3.63, 3.8) is 0 Å². The highest BCUT2D eigenvalue weighted by molar-refractivity contribution is 7.09. The van der Waals surface area contributed by atoms with Crippen molar-refractivity contribution in [3.05, 3.63) is 82.0 Å². The van der Waals surface area contributed by atoms with Crippen molar-refractivity contribution in [1.29, 1.82) is 0 Å². The molecule has 0 atom stereocenters. The average Bonchev–Trinajstić information content (AvgIpc) is 3.16. The molecule has 3 aromatic rings. The largest absolute Gasteiger partial charge is 0.457 e. The lowest BCUT2D eigenvalue weighted by Gasteiger charge is -2.31. The predicted molar refractivity (Wildman–Crippen MR) is 100 cm³/mol. The fourth-order valence-corrected chi connectivity index (χ4v) is 4.01. The first kappa shape index (κ1) is 15.9. The second-order valence-electron chi connectivity index (χ2n) is 6.04. The van der Waals surface area contributed by atoms with E-state index < -0.39 is 0 Å². The number of rotatable bonds is 4. The summed E-state index contributed by atoms with van der Waals surface area (Å²) in [6.07, 6.45) is 0. The van der Waals surface area contributed by atoms with Crippen LogP contribution in [0.25, 0.3) is 0 Å². The molecule has 0 saturated carbocycles. The summed E-state index contributed by atoms with van der Waals surface area (Å²) in [5, 5.41) is 2.05. The summed E-state index contributed by atoms with van der Waals surface area (Å²) < 4.78 is 6.01. The van der Waals surface area contributed by atoms with E-state index in [1.165, 1.54) is 4.88 Å². The van der Waals surface area contributed by atoms with Gasteiger partial charge in [-0.3, -0.25) is 4.79 Å². The van der Waals surface area contributed by atoms with Crippen LogP contribution in [0.15, 0.2) is 66.0 Å². The van der Waals surface area contributed by atoms with Gasteiger partial charge in [0.15, 0.2) is 0 Å². The summed E-state index contributed by atoms with van der Waals surface area (Å²) in [5.74, 6) is 1.35. The molecule has 1 aliphatic heterocycles. The van der Waals surface area contributed by atoms with Gasteiger partial charge in [0.2, 0.25) is 5.91 Å². The quantitative estimate of drug-likeness (QED) is 0.661. The molecule has 1 amide bonds. The maximum absolute atomic E-state index is 13.5. The third-order valence-corrected chi connectivity index (χ3v) is 5.41. The van der Waals surface area contributed by atoms with Gasteiger partial charge in [0.1, 0.15) is 11.5 Å². The lowest BCUT2D eigenvalue weighted by molar-refractivity contribution is -0.132. The first-order valence-electron chi connectivity index (χ1n) is 8.44. The van der Waals surface area contributed by atoms with Gasteiger partial charge >= 0.3 is 0 Å². The Hall–Kier alpha value is -2.59. The fraction of sp³-hybridized carbons (Fsp3) is 0.190. The minimum absolute atomic E-state index is 0.124. The van der Waals surface area contributed by atoms with Crippen molar-refractivity contribution >= 4 is 17.2 Å². The molecule has 4 heteroatoms. The molecular weight excluding hydrogens is 330 g/mol. The Bertz CT molecular complexity index is 843. The van der Waals surface area contributed by atoms with Gasteiger partial charge in [0.25, 0.3) is 0 Å². The molecule has 1 aromatic heterocycles. The maximum Gasteiger partial charge on any atom is 0.235 e. The number of nitrogens with zero attached hydrogens (tertiary/aromatic N) is 1. The predicted octanol–water partition coefficient (Wildman–Crippen LogP) is 5.03. The Balaban J connectivity index is 1.74. The third-order valence-electron chi connectivity index (χ3n) is 4.55. The number of benzene rings is 2. The zero-order chi connectivity index (χ0) is 17.2. The van der Waals surface area contributed by atoms with Crippen LogP contribution in [0, 0.1) is 0 Å². The third kappa shape index (κ3) is 2.94. The molecule has 0 fully saturated rings. The Morgan fingerprint density at radius 2 is 1.64 bits per heavy atom. The van der Waals surface area contributed by atoms with Gasteiger partial charge in [0, 0.05) is 22.5 Å². The van der Waals surface area contributed by atoms with Gasteiger partial charge < -0.3 is 9.64 Å². The van der Waals surface area contributed by atoms with Crippen LogP contribution in [0.2, 0.25) is 0 Å². The van der Waals surface area contributed by atoms with Crippen molar-refractivity contribution in [2.24, 2.45) is 0 Å². The molecule has 4 rings (SSSR count). The highest BCUT2D eigenvalue weighted by Crippen LogP contribution is 2.44. The number of likely N-dealkylation sites (N-methyl/N-ethyl adjacent to an activating group) is 1. The molecule has 0 bridgehead atoms. The van der Waals surface area contributed by atoms with E-state index in [4.69, 9.17) is 4.74 Å². The van der Waals surface area contributed by atoms with E-state index in [9.17, 15) is 4.79 Å². The normalized spacial score (nSPS) is 12.8. The van der Waals surface area contributed by atoms with E-state index in [-0.39, 0.29) is 11.8 Å². The van der Waals surface area contributed by atoms with Crippen molar-refractivity contribution in [3.8, 4) is 11.5 Å². The Morgan fingerprint density at radius 3 is 2.20 bits per heavy atom. The van der Waals surface area contributed by atoms with Crippen molar-refractivity contribution in [1.82, 2.24) is 4.90 Å². The number of amides is 1. The molecule has 1 aliphatic rings. The van der Waals surface area contributed by atoms with Crippen LogP contribution < -0.4 is 4.74 Å². The molecule has 2 aromatic carbocycles. The molecule has 25 heavy (non-hydrogen) atoms. The van der Waals surface area contributed by atoms with Gasteiger partial charge in [-0.1, -0.05) is 42.5 Å². The number of ether oxygens (including phenoxy) is 1. The van der Waals surface area contributed by atoms with E-state index in [0.29, 0.717) is 13.1 Å². The molecule has 126 valence electrons. The standard InChI is InChI=1S/C21H19NO2S/c1-2-22(14-15-8-7-13-25-15)21(23)20-16-9-3-5-11-18(16)24-19-12-6-4-10-17(19)20/h3-13,20H,2,14H2,1H3. The monoisotopic (exact) mass is 349 g/mol. The minimum Gasteiger partial charge on any atom is -0.457 e. The summed E-state index contributed by atoms with van der Waals surface area (Å²) in [4.78, 5) is 16.6. The number of hydrogen-bond acceptors (Lipinski definition) is 3. The van der Waals surface area contributed by atoms with E-state index in [0.717, 1.165) is 22.6 Å². The van der Waals surface area contributed by atoms with Crippen LogP contribution in [0.5, 0.6) is 11.5 Å². The molecule has 0 saturated heterocycles. The fourth-order valence-electron chi connectivity index (χ4n) is 3.29. The summed E-state index contributed by atoms with van der Waals surface area (Å²) in [6.45, 7) is 3.36. The van der Waals surface area contributed by atoms with Crippen LogP contribution in [-0.4, -0.2) is 17.4 Å². The Labute approximate surface area is 151 Å². The smallest absolute Gasteiger partial charge is 0.235 e. The molecule has 3 nitrogen and oxygen atoms in total. The van der Waals surface area contributed by atoms with Crippen LogP contribution in [0.1, 0.15) is 28.8 Å². The second-order valence-corrected chi connectivity index (χ2v) is 7.07. The van der Waals surface area contributed by atoms with Crippen LogP contribution in [0.3, 0.4) is 0 Å². The summed E-state index contributed by atoms with van der Waals surface area (Å²) >= 11 is 1.68. The maximum atomic E-state index is 13.5.